The van der Waals surface area contributed by atoms with Crippen LogP contribution in [0.5, 0.6) is 0 Å². The van der Waals surface area contributed by atoms with Gasteiger partial charge in [0.2, 0.25) is 0 Å². The van der Waals surface area contributed by atoms with Crippen molar-refractivity contribution in [2.75, 3.05) is 7.11 Å². The van der Waals surface area contributed by atoms with Crippen molar-refractivity contribution in [3.63, 3.8) is 0 Å². The number of hydrogen-bond acceptors (Lipinski definition) is 2. The highest BCUT2D eigenvalue weighted by Gasteiger charge is 2.22. The molecule has 0 aromatic carbocycles. The van der Waals surface area contributed by atoms with E-state index in [0.29, 0.717) is 12.3 Å². The monoisotopic (exact) mass is 200 g/mol. The van der Waals surface area contributed by atoms with E-state index in [4.69, 9.17) is 9.84 Å². The zero-order chi connectivity index (χ0) is 10.4. The molecule has 1 fully saturated rings. The predicted octanol–water partition coefficient (Wildman–Crippen LogP) is 2.45. The molecular formula is C11H20O3. The van der Waals surface area contributed by atoms with E-state index in [9.17, 15) is 4.79 Å². The molecule has 3 heteroatoms. The topological polar surface area (TPSA) is 46.5 Å². The Morgan fingerprint density at radius 2 is 1.93 bits per heavy atom. The fourth-order valence-electron chi connectivity index (χ4n) is 2.20. The molecule has 1 aliphatic rings. The molecule has 1 unspecified atom stereocenters. The summed E-state index contributed by atoms with van der Waals surface area (Å²) >= 11 is 0. The van der Waals surface area contributed by atoms with Crippen molar-refractivity contribution >= 4 is 5.97 Å². The molecule has 0 bridgehead atoms. The van der Waals surface area contributed by atoms with Gasteiger partial charge in [-0.1, -0.05) is 38.5 Å². The Hall–Kier alpha value is -0.570. The van der Waals surface area contributed by atoms with Crippen LogP contribution in [0.4, 0.5) is 0 Å². The standard InChI is InChI=1S/C11H20O3/c1-14-10(11(12)13)8-9-6-4-2-3-5-7-9/h9-10H,2-8H2,1H3,(H,12,13). The molecule has 0 radical (unpaired) electrons. The summed E-state index contributed by atoms with van der Waals surface area (Å²) in [6.45, 7) is 0. The number of carboxylic acid groups (broad SMARTS) is 1. The van der Waals surface area contributed by atoms with Crippen LogP contribution in [0.15, 0.2) is 0 Å². The highest BCUT2D eigenvalue weighted by atomic mass is 16.5. The maximum Gasteiger partial charge on any atom is 0.332 e. The Bertz CT molecular complexity index is 171. The summed E-state index contributed by atoms with van der Waals surface area (Å²) in [7, 11) is 1.48. The van der Waals surface area contributed by atoms with Crippen LogP contribution in [0, 0.1) is 5.92 Å². The largest absolute Gasteiger partial charge is 0.479 e. The average molecular weight is 200 g/mol. The van der Waals surface area contributed by atoms with Gasteiger partial charge in [-0.2, -0.15) is 0 Å². The van der Waals surface area contributed by atoms with E-state index in [1.165, 1.54) is 45.6 Å². The van der Waals surface area contributed by atoms with E-state index in [1.54, 1.807) is 0 Å². The van der Waals surface area contributed by atoms with Crippen LogP contribution in [-0.2, 0) is 9.53 Å². The SMILES string of the molecule is COC(CC1CCCCCC1)C(=O)O. The van der Waals surface area contributed by atoms with Gasteiger partial charge in [-0.05, 0) is 12.3 Å². The molecule has 0 aromatic rings. The van der Waals surface area contributed by atoms with Crippen molar-refractivity contribution < 1.29 is 14.6 Å². The molecule has 1 aliphatic carbocycles. The number of ether oxygens (including phenoxy) is 1. The minimum absolute atomic E-state index is 0.554. The maximum absolute atomic E-state index is 10.8. The van der Waals surface area contributed by atoms with Gasteiger partial charge in [0, 0.05) is 7.11 Å². The minimum Gasteiger partial charge on any atom is -0.479 e. The summed E-state index contributed by atoms with van der Waals surface area (Å²) in [6, 6.07) is 0. The van der Waals surface area contributed by atoms with Gasteiger partial charge < -0.3 is 9.84 Å². The highest BCUT2D eigenvalue weighted by molar-refractivity contribution is 5.72. The molecule has 0 amide bonds. The quantitative estimate of drug-likeness (QED) is 0.709. The number of carboxylic acids is 1. The van der Waals surface area contributed by atoms with Crippen LogP contribution >= 0.6 is 0 Å². The van der Waals surface area contributed by atoms with Crippen LogP contribution in [0.2, 0.25) is 0 Å². The lowest BCUT2D eigenvalue weighted by atomic mass is 9.94. The van der Waals surface area contributed by atoms with E-state index < -0.39 is 12.1 Å². The molecular weight excluding hydrogens is 180 g/mol. The van der Waals surface area contributed by atoms with Crippen LogP contribution < -0.4 is 0 Å². The van der Waals surface area contributed by atoms with Gasteiger partial charge in [0.05, 0.1) is 0 Å². The van der Waals surface area contributed by atoms with Gasteiger partial charge in [-0.3, -0.25) is 0 Å². The first-order chi connectivity index (χ1) is 6.74. The minimum atomic E-state index is -0.822. The first kappa shape index (κ1) is 11.5. The third-order valence-corrected chi connectivity index (χ3v) is 3.08. The zero-order valence-corrected chi connectivity index (χ0v) is 8.87. The molecule has 0 heterocycles. The lowest BCUT2D eigenvalue weighted by Crippen LogP contribution is -2.25. The van der Waals surface area contributed by atoms with Crippen LogP contribution in [0.1, 0.15) is 44.9 Å². The van der Waals surface area contributed by atoms with Gasteiger partial charge >= 0.3 is 5.97 Å². The third-order valence-electron chi connectivity index (χ3n) is 3.08. The molecule has 0 aliphatic heterocycles. The highest BCUT2D eigenvalue weighted by Crippen LogP contribution is 2.27. The normalized spacial score (nSPS) is 21.5. The zero-order valence-electron chi connectivity index (χ0n) is 8.87. The van der Waals surface area contributed by atoms with E-state index in [2.05, 4.69) is 0 Å². The Labute approximate surface area is 85.5 Å². The summed E-state index contributed by atoms with van der Waals surface area (Å²) in [5, 5.41) is 8.85. The average Bonchev–Trinajstić information content (AvgIpc) is 2.41. The Kier molecular flexibility index (Phi) is 4.94. The van der Waals surface area contributed by atoms with Crippen molar-refractivity contribution in [1.29, 1.82) is 0 Å². The summed E-state index contributed by atoms with van der Waals surface area (Å²) < 4.78 is 4.96. The Morgan fingerprint density at radius 3 is 2.36 bits per heavy atom. The second-order valence-corrected chi connectivity index (χ2v) is 4.16. The fraction of sp³-hybridized carbons (Fsp3) is 0.909. The molecule has 14 heavy (non-hydrogen) atoms. The van der Waals surface area contributed by atoms with Crippen molar-refractivity contribution in [2.24, 2.45) is 5.92 Å². The van der Waals surface area contributed by atoms with Crippen LogP contribution in [0.25, 0.3) is 0 Å². The van der Waals surface area contributed by atoms with Crippen molar-refractivity contribution in [1.82, 2.24) is 0 Å². The van der Waals surface area contributed by atoms with Crippen LogP contribution in [-0.4, -0.2) is 24.3 Å². The van der Waals surface area contributed by atoms with Crippen molar-refractivity contribution in [3.8, 4) is 0 Å². The molecule has 1 atom stereocenters. The predicted molar refractivity (Wildman–Crippen MR) is 54.2 cm³/mol. The summed E-state index contributed by atoms with van der Waals surface area (Å²) in [4.78, 5) is 10.8. The summed E-state index contributed by atoms with van der Waals surface area (Å²) in [5.74, 6) is -0.268. The first-order valence-electron chi connectivity index (χ1n) is 5.49. The van der Waals surface area contributed by atoms with Crippen molar-refractivity contribution in [3.05, 3.63) is 0 Å². The third kappa shape index (κ3) is 3.66. The lowest BCUT2D eigenvalue weighted by molar-refractivity contribution is -0.149. The molecule has 0 aromatic heterocycles. The Balaban J connectivity index is 2.35. The van der Waals surface area contributed by atoms with Gasteiger partial charge in [0.15, 0.2) is 6.10 Å². The lowest BCUT2D eigenvalue weighted by Gasteiger charge is -2.18. The molecule has 0 saturated heterocycles. The number of aliphatic carboxylic acids is 1. The van der Waals surface area contributed by atoms with E-state index >= 15 is 0 Å². The summed E-state index contributed by atoms with van der Waals surface area (Å²) in [5.41, 5.74) is 0. The number of rotatable bonds is 4. The van der Waals surface area contributed by atoms with Gasteiger partial charge in [0.25, 0.3) is 0 Å². The number of hydrogen-bond donors (Lipinski definition) is 1. The van der Waals surface area contributed by atoms with Crippen molar-refractivity contribution in [2.45, 2.75) is 51.0 Å². The molecule has 3 nitrogen and oxygen atoms in total. The number of methoxy groups -OCH3 is 1. The Morgan fingerprint density at radius 1 is 1.36 bits per heavy atom. The fourth-order valence-corrected chi connectivity index (χ4v) is 2.20. The number of carbonyl (C=O) groups is 1. The second-order valence-electron chi connectivity index (χ2n) is 4.16. The maximum atomic E-state index is 10.8. The smallest absolute Gasteiger partial charge is 0.332 e. The van der Waals surface area contributed by atoms with E-state index in [0.717, 1.165) is 0 Å². The molecule has 1 rings (SSSR count). The van der Waals surface area contributed by atoms with Gasteiger partial charge in [-0.15, -0.1) is 0 Å². The van der Waals surface area contributed by atoms with Gasteiger partial charge in [-0.25, -0.2) is 4.79 Å². The molecule has 1 saturated carbocycles. The molecule has 0 spiro atoms. The van der Waals surface area contributed by atoms with E-state index in [1.807, 2.05) is 0 Å². The summed E-state index contributed by atoms with van der Waals surface area (Å²) in [6.07, 6.45) is 7.55. The van der Waals surface area contributed by atoms with E-state index in [-0.39, 0.29) is 0 Å². The molecule has 82 valence electrons. The second kappa shape index (κ2) is 6.02. The van der Waals surface area contributed by atoms with Gasteiger partial charge in [0.1, 0.15) is 0 Å². The first-order valence-corrected chi connectivity index (χ1v) is 5.49. The molecule has 1 N–H and O–H groups in total. The van der Waals surface area contributed by atoms with Crippen LogP contribution in [0.3, 0.4) is 0 Å².